The predicted molar refractivity (Wildman–Crippen MR) is 71.0 cm³/mol. The summed E-state index contributed by atoms with van der Waals surface area (Å²) in [5.41, 5.74) is 2.45. The highest BCUT2D eigenvalue weighted by Crippen LogP contribution is 2.29. The van der Waals surface area contributed by atoms with Crippen molar-refractivity contribution in [3.05, 3.63) is 11.8 Å². The Morgan fingerprint density at radius 3 is 3.06 bits per heavy atom. The van der Waals surface area contributed by atoms with Crippen molar-refractivity contribution in [2.45, 2.75) is 31.3 Å². The van der Waals surface area contributed by atoms with E-state index in [9.17, 15) is 0 Å². The molecule has 1 atom stereocenters. The van der Waals surface area contributed by atoms with Crippen molar-refractivity contribution in [2.75, 3.05) is 19.3 Å². The Morgan fingerprint density at radius 1 is 1.56 bits per heavy atom. The number of thioether (sulfide) groups is 1. The average molecular weight is 255 g/mol. The molecular weight excluding hydrogens is 238 g/mol. The standard InChI is InChI=1S/C11H17N3S2/c1-4-15-11-10(12-16-13-11)9-6-5-8(2)14(3)7-9/h6,8H,4-5,7H2,1-3H3. The summed E-state index contributed by atoms with van der Waals surface area (Å²) in [5, 5.41) is 1.10. The molecule has 0 N–H and O–H groups in total. The van der Waals surface area contributed by atoms with Crippen LogP contribution in [0.5, 0.6) is 0 Å². The predicted octanol–water partition coefficient (Wildman–Crippen LogP) is 2.76. The molecular formula is C11H17N3S2. The van der Waals surface area contributed by atoms with E-state index in [-0.39, 0.29) is 0 Å². The number of rotatable bonds is 3. The molecule has 0 spiro atoms. The van der Waals surface area contributed by atoms with Gasteiger partial charge in [0, 0.05) is 12.6 Å². The molecule has 1 aromatic rings. The third kappa shape index (κ3) is 2.47. The molecule has 2 rings (SSSR count). The molecule has 0 aliphatic carbocycles. The first kappa shape index (κ1) is 12.1. The maximum atomic E-state index is 4.43. The number of likely N-dealkylation sites (N-methyl/N-ethyl adjacent to an activating group) is 1. The van der Waals surface area contributed by atoms with Crippen LogP contribution in [-0.2, 0) is 0 Å². The van der Waals surface area contributed by atoms with Gasteiger partial charge in [-0.3, -0.25) is 4.90 Å². The van der Waals surface area contributed by atoms with E-state index in [2.05, 4.69) is 40.6 Å². The van der Waals surface area contributed by atoms with Gasteiger partial charge in [0.1, 0.15) is 10.7 Å². The fourth-order valence-electron chi connectivity index (χ4n) is 1.76. The van der Waals surface area contributed by atoms with E-state index in [4.69, 9.17) is 0 Å². The highest BCUT2D eigenvalue weighted by Gasteiger charge is 2.20. The Kier molecular flexibility index (Phi) is 4.00. The number of nitrogens with zero attached hydrogens (tertiary/aromatic N) is 3. The SMILES string of the molecule is CCSc1nsnc1C1=CCC(C)N(C)C1. The van der Waals surface area contributed by atoms with Gasteiger partial charge in [-0.1, -0.05) is 13.0 Å². The zero-order valence-corrected chi connectivity index (χ0v) is 11.6. The summed E-state index contributed by atoms with van der Waals surface area (Å²) in [6, 6.07) is 0.637. The molecule has 1 aliphatic rings. The first-order chi connectivity index (χ1) is 7.72. The lowest BCUT2D eigenvalue weighted by Crippen LogP contribution is -2.33. The first-order valence-corrected chi connectivity index (χ1v) is 7.29. The van der Waals surface area contributed by atoms with Gasteiger partial charge >= 0.3 is 0 Å². The van der Waals surface area contributed by atoms with Crippen LogP contribution in [0.25, 0.3) is 5.57 Å². The minimum absolute atomic E-state index is 0.637. The molecule has 2 heterocycles. The van der Waals surface area contributed by atoms with Crippen molar-refractivity contribution in [3.8, 4) is 0 Å². The molecule has 1 unspecified atom stereocenters. The second-order valence-electron chi connectivity index (χ2n) is 4.08. The number of hydrogen-bond acceptors (Lipinski definition) is 5. The van der Waals surface area contributed by atoms with Gasteiger partial charge in [0.15, 0.2) is 0 Å². The topological polar surface area (TPSA) is 29.0 Å². The summed E-state index contributed by atoms with van der Waals surface area (Å²) >= 11 is 3.10. The molecule has 3 nitrogen and oxygen atoms in total. The quantitative estimate of drug-likeness (QED) is 0.777. The van der Waals surface area contributed by atoms with Crippen molar-refractivity contribution < 1.29 is 0 Å². The van der Waals surface area contributed by atoms with Crippen LogP contribution in [0.2, 0.25) is 0 Å². The highest BCUT2D eigenvalue weighted by molar-refractivity contribution is 7.99. The van der Waals surface area contributed by atoms with Crippen molar-refractivity contribution in [3.63, 3.8) is 0 Å². The van der Waals surface area contributed by atoms with Crippen molar-refractivity contribution in [1.29, 1.82) is 0 Å². The molecule has 1 aliphatic heterocycles. The van der Waals surface area contributed by atoms with Crippen LogP contribution < -0.4 is 0 Å². The Labute approximate surface area is 105 Å². The van der Waals surface area contributed by atoms with Gasteiger partial charge in [0.2, 0.25) is 0 Å². The van der Waals surface area contributed by atoms with E-state index < -0.39 is 0 Å². The molecule has 88 valence electrons. The molecule has 0 amide bonds. The van der Waals surface area contributed by atoms with E-state index in [1.165, 1.54) is 17.3 Å². The third-order valence-corrected chi connectivity index (χ3v) is 4.41. The monoisotopic (exact) mass is 255 g/mol. The molecule has 0 aromatic carbocycles. The zero-order chi connectivity index (χ0) is 11.5. The highest BCUT2D eigenvalue weighted by atomic mass is 32.2. The van der Waals surface area contributed by atoms with Gasteiger partial charge < -0.3 is 0 Å². The molecule has 0 saturated heterocycles. The van der Waals surface area contributed by atoms with Crippen molar-refractivity contribution in [1.82, 2.24) is 13.6 Å². The van der Waals surface area contributed by atoms with Crippen LogP contribution in [0.1, 0.15) is 26.0 Å². The molecule has 1 aromatic heterocycles. The second-order valence-corrected chi connectivity index (χ2v) is 5.86. The molecule has 0 bridgehead atoms. The van der Waals surface area contributed by atoms with E-state index >= 15 is 0 Å². The molecule has 16 heavy (non-hydrogen) atoms. The van der Waals surface area contributed by atoms with Crippen LogP contribution in [0, 0.1) is 0 Å². The largest absolute Gasteiger partial charge is 0.299 e. The lowest BCUT2D eigenvalue weighted by atomic mass is 10.0. The summed E-state index contributed by atoms with van der Waals surface area (Å²) in [6.45, 7) is 5.40. The minimum Gasteiger partial charge on any atom is -0.299 e. The van der Waals surface area contributed by atoms with Crippen molar-refractivity contribution in [2.24, 2.45) is 0 Å². The molecule has 5 heteroatoms. The van der Waals surface area contributed by atoms with Gasteiger partial charge in [-0.2, -0.15) is 8.75 Å². The van der Waals surface area contributed by atoms with Gasteiger partial charge in [0.05, 0.1) is 11.7 Å². The molecule has 0 radical (unpaired) electrons. The van der Waals surface area contributed by atoms with Crippen LogP contribution in [-0.4, -0.2) is 39.0 Å². The smallest absolute Gasteiger partial charge is 0.138 e. The van der Waals surface area contributed by atoms with Gasteiger partial charge in [-0.15, -0.1) is 11.8 Å². The fraction of sp³-hybridized carbons (Fsp3) is 0.636. The van der Waals surface area contributed by atoms with E-state index in [0.29, 0.717) is 6.04 Å². The summed E-state index contributed by atoms with van der Waals surface area (Å²) in [4.78, 5) is 2.37. The number of aromatic nitrogens is 2. The second kappa shape index (κ2) is 5.29. The summed E-state index contributed by atoms with van der Waals surface area (Å²) in [7, 11) is 2.17. The summed E-state index contributed by atoms with van der Waals surface area (Å²) in [6.07, 6.45) is 3.43. The normalized spacial score (nSPS) is 22.2. The van der Waals surface area contributed by atoms with Crippen molar-refractivity contribution >= 4 is 29.1 Å². The third-order valence-electron chi connectivity index (χ3n) is 2.92. The molecule has 0 fully saturated rings. The number of hydrogen-bond donors (Lipinski definition) is 0. The Hall–Kier alpha value is -0.390. The maximum absolute atomic E-state index is 4.43. The average Bonchev–Trinajstić information content (AvgIpc) is 2.71. The lowest BCUT2D eigenvalue weighted by Gasteiger charge is -2.29. The van der Waals surface area contributed by atoms with Crippen LogP contribution in [0.15, 0.2) is 11.1 Å². The Balaban J connectivity index is 2.21. The van der Waals surface area contributed by atoms with Gasteiger partial charge in [-0.05, 0) is 31.7 Å². The molecule has 0 saturated carbocycles. The zero-order valence-electron chi connectivity index (χ0n) is 9.93. The van der Waals surface area contributed by atoms with E-state index in [0.717, 1.165) is 29.4 Å². The van der Waals surface area contributed by atoms with Gasteiger partial charge in [0.25, 0.3) is 0 Å². The summed E-state index contributed by atoms with van der Waals surface area (Å²) < 4.78 is 8.79. The van der Waals surface area contributed by atoms with Crippen LogP contribution >= 0.6 is 23.5 Å². The van der Waals surface area contributed by atoms with Gasteiger partial charge in [-0.25, -0.2) is 0 Å². The first-order valence-electron chi connectivity index (χ1n) is 5.57. The minimum atomic E-state index is 0.637. The van der Waals surface area contributed by atoms with E-state index in [1.807, 2.05) is 0 Å². The summed E-state index contributed by atoms with van der Waals surface area (Å²) in [5.74, 6) is 1.05. The Bertz CT molecular complexity index is 386. The Morgan fingerprint density at radius 2 is 2.38 bits per heavy atom. The van der Waals surface area contributed by atoms with Crippen LogP contribution in [0.3, 0.4) is 0 Å². The lowest BCUT2D eigenvalue weighted by molar-refractivity contribution is 0.280. The maximum Gasteiger partial charge on any atom is 0.138 e. The fourth-order valence-corrected chi connectivity index (χ4v) is 3.20. The van der Waals surface area contributed by atoms with Crippen LogP contribution in [0.4, 0.5) is 0 Å². The van der Waals surface area contributed by atoms with E-state index in [1.54, 1.807) is 11.8 Å².